The van der Waals surface area contributed by atoms with Gasteiger partial charge in [-0.15, -0.1) is 0 Å². The van der Waals surface area contributed by atoms with Gasteiger partial charge in [-0.2, -0.15) is 0 Å². The first-order valence-electron chi connectivity index (χ1n) is 17.1. The third kappa shape index (κ3) is 13.0. The normalized spacial score (nSPS) is 17.0. The molecule has 0 radical (unpaired) electrons. The molecule has 0 aromatic heterocycles. The zero-order valence-corrected chi connectivity index (χ0v) is 28.6. The van der Waals surface area contributed by atoms with Crippen molar-refractivity contribution < 1.29 is 48.6 Å². The lowest BCUT2D eigenvalue weighted by Crippen LogP contribution is -2.47. The number of fused-ring (bicyclic) bond motifs is 1. The minimum atomic E-state index is -1.14. The van der Waals surface area contributed by atoms with Crippen molar-refractivity contribution in [3.8, 4) is 5.75 Å². The van der Waals surface area contributed by atoms with Gasteiger partial charge in [-0.25, -0.2) is 4.79 Å². The zero-order chi connectivity index (χ0) is 35.6. The van der Waals surface area contributed by atoms with Crippen molar-refractivity contribution in [2.45, 2.75) is 50.0 Å². The van der Waals surface area contributed by atoms with E-state index in [1.165, 1.54) is 0 Å². The van der Waals surface area contributed by atoms with E-state index in [-0.39, 0.29) is 37.7 Å². The molecule has 4 rings (SSSR count). The standard InChI is InChI=1S/C38H50N2O10/c1-46-15-16-47-17-18-48-19-20-49-21-22-50-38(45)39-33(24-27-7-3-2-4-8-27)34(42)26-30(23-28-11-13-31(41)14-12-28)37(44)40-36-32-10-6-5-9-29(32)25-35(36)43/h2-14,30,33-36,41-43H,15-26H2,1H3,(H,39,45)(H,40,44). The Hall–Kier alpha value is -4.04. The van der Waals surface area contributed by atoms with Crippen LogP contribution in [0.1, 0.15) is 34.7 Å². The van der Waals surface area contributed by atoms with Gasteiger partial charge in [0.2, 0.25) is 5.91 Å². The van der Waals surface area contributed by atoms with Gasteiger partial charge in [0.15, 0.2) is 0 Å². The average Bonchev–Trinajstić information content (AvgIpc) is 3.43. The molecule has 5 N–H and O–H groups in total. The fraction of sp³-hybridized carbons (Fsp3) is 0.474. The number of hydrogen-bond donors (Lipinski definition) is 5. The Balaban J connectivity index is 1.34. The first kappa shape index (κ1) is 38.8. The van der Waals surface area contributed by atoms with Crippen molar-refractivity contribution in [2.24, 2.45) is 5.92 Å². The molecule has 0 heterocycles. The maximum absolute atomic E-state index is 13.9. The first-order valence-corrected chi connectivity index (χ1v) is 17.1. The molecule has 0 saturated carbocycles. The van der Waals surface area contributed by atoms with Gasteiger partial charge < -0.3 is 49.6 Å². The number of aliphatic hydroxyl groups excluding tert-OH is 2. The maximum Gasteiger partial charge on any atom is 0.407 e. The van der Waals surface area contributed by atoms with Crippen LogP contribution in [0.15, 0.2) is 78.9 Å². The molecule has 5 unspecified atom stereocenters. The van der Waals surface area contributed by atoms with E-state index in [2.05, 4.69) is 10.6 Å². The molecule has 0 aliphatic heterocycles. The lowest BCUT2D eigenvalue weighted by atomic mass is 9.88. The summed E-state index contributed by atoms with van der Waals surface area (Å²) in [7, 11) is 1.61. The highest BCUT2D eigenvalue weighted by Gasteiger charge is 2.35. The van der Waals surface area contributed by atoms with Crippen LogP contribution in [0.4, 0.5) is 4.79 Å². The Bertz CT molecular complexity index is 1420. The third-order valence-electron chi connectivity index (χ3n) is 8.52. The predicted octanol–water partition coefficient (Wildman–Crippen LogP) is 3.11. The maximum atomic E-state index is 13.9. The second-order valence-electron chi connectivity index (χ2n) is 12.2. The summed E-state index contributed by atoms with van der Waals surface area (Å²) in [5.74, 6) is -0.957. The van der Waals surface area contributed by atoms with Gasteiger partial charge in [0.05, 0.1) is 70.5 Å². The number of benzene rings is 3. The molecule has 0 fully saturated rings. The highest BCUT2D eigenvalue weighted by molar-refractivity contribution is 5.80. The lowest BCUT2D eigenvalue weighted by molar-refractivity contribution is -0.127. The van der Waals surface area contributed by atoms with E-state index >= 15 is 0 Å². The third-order valence-corrected chi connectivity index (χ3v) is 8.52. The Morgan fingerprint density at radius 3 is 2.06 bits per heavy atom. The van der Waals surface area contributed by atoms with Crippen molar-refractivity contribution in [3.05, 3.63) is 101 Å². The Kier molecular flexibility index (Phi) is 16.5. The number of aromatic hydroxyl groups is 1. The summed E-state index contributed by atoms with van der Waals surface area (Å²) in [5.41, 5.74) is 3.51. The van der Waals surface area contributed by atoms with Crippen molar-refractivity contribution in [3.63, 3.8) is 0 Å². The molecular weight excluding hydrogens is 644 g/mol. The quantitative estimate of drug-likeness (QED) is 0.0988. The predicted molar refractivity (Wildman–Crippen MR) is 186 cm³/mol. The molecule has 0 bridgehead atoms. The van der Waals surface area contributed by atoms with Gasteiger partial charge >= 0.3 is 6.09 Å². The number of aliphatic hydroxyl groups is 2. The van der Waals surface area contributed by atoms with Crippen LogP contribution in [-0.2, 0) is 47.7 Å². The number of rotatable bonds is 22. The fourth-order valence-electron chi connectivity index (χ4n) is 5.90. The summed E-state index contributed by atoms with van der Waals surface area (Å²) in [6.45, 7) is 2.80. The van der Waals surface area contributed by atoms with Crippen LogP contribution in [0.2, 0.25) is 0 Å². The van der Waals surface area contributed by atoms with Crippen molar-refractivity contribution >= 4 is 12.0 Å². The number of phenols is 1. The summed E-state index contributed by atoms with van der Waals surface area (Å²) < 4.78 is 26.5. The number of methoxy groups -OCH3 is 1. The molecule has 12 heteroatoms. The van der Waals surface area contributed by atoms with E-state index in [1.54, 1.807) is 31.4 Å². The fourth-order valence-corrected chi connectivity index (χ4v) is 5.90. The van der Waals surface area contributed by atoms with E-state index in [9.17, 15) is 24.9 Å². The van der Waals surface area contributed by atoms with Crippen LogP contribution in [0.3, 0.4) is 0 Å². The Morgan fingerprint density at radius 1 is 0.780 bits per heavy atom. The largest absolute Gasteiger partial charge is 0.508 e. The average molecular weight is 695 g/mol. The summed E-state index contributed by atoms with van der Waals surface area (Å²) in [5, 5.41) is 38.0. The number of nitrogens with one attached hydrogen (secondary N) is 2. The van der Waals surface area contributed by atoms with Crippen LogP contribution in [0.25, 0.3) is 0 Å². The van der Waals surface area contributed by atoms with Gasteiger partial charge in [-0.05, 0) is 53.6 Å². The van der Waals surface area contributed by atoms with Crippen LogP contribution in [0, 0.1) is 5.92 Å². The molecule has 50 heavy (non-hydrogen) atoms. The Morgan fingerprint density at radius 2 is 1.38 bits per heavy atom. The topological polar surface area (TPSA) is 165 Å². The first-order chi connectivity index (χ1) is 24.3. The molecule has 1 aliphatic carbocycles. The Labute approximate surface area is 293 Å². The monoisotopic (exact) mass is 694 g/mol. The second kappa shape index (κ2) is 21.2. The molecule has 3 aromatic rings. The molecule has 2 amide bonds. The lowest BCUT2D eigenvalue weighted by Gasteiger charge is -2.28. The van der Waals surface area contributed by atoms with Crippen LogP contribution < -0.4 is 10.6 Å². The van der Waals surface area contributed by atoms with Gasteiger partial charge in [0.1, 0.15) is 12.4 Å². The number of hydrogen-bond acceptors (Lipinski definition) is 10. The highest BCUT2D eigenvalue weighted by atomic mass is 16.6. The van der Waals surface area contributed by atoms with E-state index in [1.807, 2.05) is 54.6 Å². The van der Waals surface area contributed by atoms with Gasteiger partial charge in [-0.3, -0.25) is 4.79 Å². The van der Waals surface area contributed by atoms with Gasteiger partial charge in [0.25, 0.3) is 0 Å². The molecule has 12 nitrogen and oxygen atoms in total. The summed E-state index contributed by atoms with van der Waals surface area (Å²) in [4.78, 5) is 26.8. The highest BCUT2D eigenvalue weighted by Crippen LogP contribution is 2.32. The summed E-state index contributed by atoms with van der Waals surface area (Å²) in [6.07, 6.45) is -1.64. The molecular formula is C38H50N2O10. The van der Waals surface area contributed by atoms with E-state index in [4.69, 9.17) is 23.7 Å². The summed E-state index contributed by atoms with van der Waals surface area (Å²) in [6, 6.07) is 22.2. The number of carbonyl (C=O) groups excluding carboxylic acids is 2. The minimum absolute atomic E-state index is 0.00279. The number of amides is 2. The van der Waals surface area contributed by atoms with Crippen LogP contribution >= 0.6 is 0 Å². The van der Waals surface area contributed by atoms with Crippen molar-refractivity contribution in [1.82, 2.24) is 10.6 Å². The van der Waals surface area contributed by atoms with Crippen molar-refractivity contribution in [2.75, 3.05) is 60.0 Å². The molecule has 0 saturated heterocycles. The molecule has 3 aromatic carbocycles. The number of ether oxygens (including phenoxy) is 5. The van der Waals surface area contributed by atoms with Crippen molar-refractivity contribution in [1.29, 1.82) is 0 Å². The second-order valence-corrected chi connectivity index (χ2v) is 12.2. The van der Waals surface area contributed by atoms with E-state index in [0.717, 1.165) is 22.3 Å². The van der Waals surface area contributed by atoms with Crippen LogP contribution in [-0.4, -0.2) is 106 Å². The van der Waals surface area contributed by atoms with Gasteiger partial charge in [0, 0.05) is 19.4 Å². The smallest absolute Gasteiger partial charge is 0.407 e. The SMILES string of the molecule is COCCOCCOCCOCCOC(=O)NC(Cc1ccccc1)C(O)CC(Cc1ccc(O)cc1)C(=O)NC1c2ccccc2CC1O. The number of carbonyl (C=O) groups is 2. The van der Waals surface area contributed by atoms with E-state index < -0.39 is 36.3 Å². The molecule has 0 spiro atoms. The zero-order valence-electron chi connectivity index (χ0n) is 28.6. The molecule has 5 atom stereocenters. The molecule has 272 valence electrons. The number of alkyl carbamates (subject to hydrolysis) is 1. The number of phenolic OH excluding ortho intramolecular Hbond substituents is 1. The van der Waals surface area contributed by atoms with Gasteiger partial charge in [-0.1, -0.05) is 66.7 Å². The molecule has 1 aliphatic rings. The van der Waals surface area contributed by atoms with Crippen LogP contribution in [0.5, 0.6) is 5.75 Å². The minimum Gasteiger partial charge on any atom is -0.508 e. The summed E-state index contributed by atoms with van der Waals surface area (Å²) >= 11 is 0. The van der Waals surface area contributed by atoms with E-state index in [0.29, 0.717) is 52.5 Å².